The molecule has 0 unspecified atom stereocenters. The number of aromatic nitrogens is 1. The first-order valence-corrected chi connectivity index (χ1v) is 8.05. The van der Waals surface area contributed by atoms with Gasteiger partial charge < -0.3 is 9.88 Å². The SMILES string of the molecule is Cn1c(=O)cc(NCCNS(C)(=O)=O)c2ccccc21. The Kier molecular flexibility index (Phi) is 4.10. The molecule has 0 fully saturated rings. The maximum atomic E-state index is 11.9. The molecule has 7 heteroatoms. The van der Waals surface area contributed by atoms with Gasteiger partial charge in [-0.25, -0.2) is 13.1 Å². The summed E-state index contributed by atoms with van der Waals surface area (Å²) in [5.41, 5.74) is 1.43. The van der Waals surface area contributed by atoms with E-state index < -0.39 is 10.0 Å². The van der Waals surface area contributed by atoms with Gasteiger partial charge in [0.05, 0.1) is 11.8 Å². The number of para-hydroxylation sites is 1. The molecule has 1 heterocycles. The van der Waals surface area contributed by atoms with Crippen LogP contribution in [0.5, 0.6) is 0 Å². The summed E-state index contributed by atoms with van der Waals surface area (Å²) in [4.78, 5) is 11.9. The quantitative estimate of drug-likeness (QED) is 0.787. The van der Waals surface area contributed by atoms with E-state index in [1.54, 1.807) is 11.6 Å². The van der Waals surface area contributed by atoms with Crippen molar-refractivity contribution < 1.29 is 8.42 Å². The Labute approximate surface area is 117 Å². The Morgan fingerprint density at radius 1 is 1.20 bits per heavy atom. The largest absolute Gasteiger partial charge is 0.383 e. The van der Waals surface area contributed by atoms with Crippen LogP contribution in [0.1, 0.15) is 0 Å². The molecular weight excluding hydrogens is 278 g/mol. The minimum atomic E-state index is -3.19. The van der Waals surface area contributed by atoms with E-state index in [1.165, 1.54) is 6.07 Å². The molecular formula is C13H17N3O3S. The maximum absolute atomic E-state index is 11.9. The van der Waals surface area contributed by atoms with Crippen LogP contribution in [0.25, 0.3) is 10.9 Å². The summed E-state index contributed by atoms with van der Waals surface area (Å²) in [7, 11) is -1.47. The third-order valence-electron chi connectivity index (χ3n) is 2.96. The molecule has 0 aliphatic rings. The predicted octanol–water partition coefficient (Wildman–Crippen LogP) is 0.500. The predicted molar refractivity (Wildman–Crippen MR) is 80.5 cm³/mol. The Morgan fingerprint density at radius 2 is 1.90 bits per heavy atom. The molecule has 0 bridgehead atoms. The van der Waals surface area contributed by atoms with Crippen molar-refractivity contribution in [1.82, 2.24) is 9.29 Å². The number of fused-ring (bicyclic) bond motifs is 1. The van der Waals surface area contributed by atoms with E-state index in [2.05, 4.69) is 10.0 Å². The van der Waals surface area contributed by atoms with Crippen LogP contribution in [0, 0.1) is 0 Å². The van der Waals surface area contributed by atoms with Crippen molar-refractivity contribution in [2.45, 2.75) is 0 Å². The number of hydrogen-bond acceptors (Lipinski definition) is 4. The molecule has 2 aromatic rings. The van der Waals surface area contributed by atoms with E-state index in [0.29, 0.717) is 12.2 Å². The summed E-state index contributed by atoms with van der Waals surface area (Å²) in [5, 5.41) is 4.01. The van der Waals surface area contributed by atoms with Crippen LogP contribution in [-0.4, -0.2) is 32.3 Å². The fraction of sp³-hybridized carbons (Fsp3) is 0.308. The van der Waals surface area contributed by atoms with Crippen LogP contribution < -0.4 is 15.6 Å². The lowest BCUT2D eigenvalue weighted by atomic mass is 10.2. The van der Waals surface area contributed by atoms with Gasteiger partial charge in [-0.2, -0.15) is 0 Å². The van der Waals surface area contributed by atoms with Gasteiger partial charge in [0.1, 0.15) is 0 Å². The van der Waals surface area contributed by atoms with Crippen molar-refractivity contribution >= 4 is 26.6 Å². The highest BCUT2D eigenvalue weighted by molar-refractivity contribution is 7.88. The number of anilines is 1. The summed E-state index contributed by atoms with van der Waals surface area (Å²) in [5.74, 6) is 0. The minimum Gasteiger partial charge on any atom is -0.383 e. The minimum absolute atomic E-state index is 0.109. The number of sulfonamides is 1. The van der Waals surface area contributed by atoms with Gasteiger partial charge in [-0.3, -0.25) is 4.79 Å². The van der Waals surface area contributed by atoms with Crippen molar-refractivity contribution in [2.75, 3.05) is 24.7 Å². The highest BCUT2D eigenvalue weighted by atomic mass is 32.2. The molecule has 108 valence electrons. The van der Waals surface area contributed by atoms with Crippen molar-refractivity contribution in [1.29, 1.82) is 0 Å². The average molecular weight is 295 g/mol. The molecule has 0 spiro atoms. The first-order valence-electron chi connectivity index (χ1n) is 6.16. The molecule has 0 saturated heterocycles. The zero-order valence-corrected chi connectivity index (χ0v) is 12.2. The van der Waals surface area contributed by atoms with Crippen LogP contribution in [0.15, 0.2) is 35.1 Å². The molecule has 0 aliphatic heterocycles. The van der Waals surface area contributed by atoms with Crippen LogP contribution in [0.4, 0.5) is 5.69 Å². The van der Waals surface area contributed by atoms with Gasteiger partial charge in [-0.15, -0.1) is 0 Å². The van der Waals surface area contributed by atoms with E-state index in [9.17, 15) is 13.2 Å². The molecule has 0 amide bonds. The molecule has 1 aromatic carbocycles. The van der Waals surface area contributed by atoms with Crippen LogP contribution in [0.2, 0.25) is 0 Å². The molecule has 0 radical (unpaired) electrons. The van der Waals surface area contributed by atoms with Crippen molar-refractivity contribution in [3.8, 4) is 0 Å². The van der Waals surface area contributed by atoms with Crippen LogP contribution in [0.3, 0.4) is 0 Å². The van der Waals surface area contributed by atoms with Crippen LogP contribution in [-0.2, 0) is 17.1 Å². The van der Waals surface area contributed by atoms with E-state index in [1.807, 2.05) is 24.3 Å². The topological polar surface area (TPSA) is 80.2 Å². The lowest BCUT2D eigenvalue weighted by molar-refractivity contribution is 0.589. The monoisotopic (exact) mass is 295 g/mol. The smallest absolute Gasteiger partial charge is 0.252 e. The zero-order chi connectivity index (χ0) is 14.8. The fourth-order valence-electron chi connectivity index (χ4n) is 1.99. The molecule has 2 rings (SSSR count). The summed E-state index contributed by atoms with van der Waals surface area (Å²) in [6.07, 6.45) is 1.11. The number of hydrogen-bond donors (Lipinski definition) is 2. The van der Waals surface area contributed by atoms with Gasteiger partial charge in [-0.05, 0) is 6.07 Å². The Morgan fingerprint density at radius 3 is 2.60 bits per heavy atom. The second kappa shape index (κ2) is 5.64. The van der Waals surface area contributed by atoms with Gasteiger partial charge in [-0.1, -0.05) is 18.2 Å². The first kappa shape index (κ1) is 14.5. The van der Waals surface area contributed by atoms with E-state index in [0.717, 1.165) is 17.2 Å². The molecule has 2 N–H and O–H groups in total. The van der Waals surface area contributed by atoms with Crippen molar-refractivity contribution in [3.63, 3.8) is 0 Å². The molecule has 0 aliphatic carbocycles. The summed E-state index contributed by atoms with van der Waals surface area (Å²) in [6.45, 7) is 0.673. The summed E-state index contributed by atoms with van der Waals surface area (Å²) in [6, 6.07) is 9.07. The third-order valence-corrected chi connectivity index (χ3v) is 3.69. The standard InChI is InChI=1S/C13H17N3O3S/c1-16-12-6-4-3-5-10(12)11(9-13(16)17)14-7-8-15-20(2,18)19/h3-6,9,14-15H,7-8H2,1-2H3. The van der Waals surface area contributed by atoms with Crippen molar-refractivity contribution in [3.05, 3.63) is 40.7 Å². The Balaban J connectivity index is 2.22. The van der Waals surface area contributed by atoms with E-state index in [4.69, 9.17) is 0 Å². The number of benzene rings is 1. The zero-order valence-electron chi connectivity index (χ0n) is 11.4. The second-order valence-corrected chi connectivity index (χ2v) is 6.40. The lowest BCUT2D eigenvalue weighted by Crippen LogP contribution is -2.28. The molecule has 20 heavy (non-hydrogen) atoms. The van der Waals surface area contributed by atoms with Gasteiger partial charge in [0, 0.05) is 37.3 Å². The third kappa shape index (κ3) is 3.37. The molecule has 1 aromatic heterocycles. The van der Waals surface area contributed by atoms with Crippen LogP contribution >= 0.6 is 0 Å². The van der Waals surface area contributed by atoms with Gasteiger partial charge in [0.25, 0.3) is 5.56 Å². The molecule has 0 atom stereocenters. The van der Waals surface area contributed by atoms with Crippen molar-refractivity contribution in [2.24, 2.45) is 7.05 Å². The Hall–Kier alpha value is -1.86. The lowest BCUT2D eigenvalue weighted by Gasteiger charge is -2.12. The maximum Gasteiger partial charge on any atom is 0.252 e. The second-order valence-electron chi connectivity index (χ2n) is 4.57. The highest BCUT2D eigenvalue weighted by Crippen LogP contribution is 2.20. The number of pyridine rings is 1. The number of nitrogens with zero attached hydrogens (tertiary/aromatic N) is 1. The fourth-order valence-corrected chi connectivity index (χ4v) is 2.46. The number of aryl methyl sites for hydroxylation is 1. The number of nitrogens with one attached hydrogen (secondary N) is 2. The first-order chi connectivity index (χ1) is 9.38. The Bertz CT molecular complexity index is 781. The van der Waals surface area contributed by atoms with E-state index >= 15 is 0 Å². The summed E-state index contributed by atoms with van der Waals surface area (Å²) < 4.78 is 25.9. The van der Waals surface area contributed by atoms with Gasteiger partial charge in [0.2, 0.25) is 10.0 Å². The highest BCUT2D eigenvalue weighted by Gasteiger charge is 2.06. The average Bonchev–Trinajstić information content (AvgIpc) is 2.39. The molecule has 0 saturated carbocycles. The van der Waals surface area contributed by atoms with E-state index in [-0.39, 0.29) is 12.1 Å². The van der Waals surface area contributed by atoms with Gasteiger partial charge in [0.15, 0.2) is 0 Å². The normalized spacial score (nSPS) is 11.7. The number of rotatable bonds is 5. The van der Waals surface area contributed by atoms with Gasteiger partial charge >= 0.3 is 0 Å². The molecule has 6 nitrogen and oxygen atoms in total. The summed E-state index contributed by atoms with van der Waals surface area (Å²) >= 11 is 0.